The maximum absolute atomic E-state index is 11.1. The van der Waals surface area contributed by atoms with Gasteiger partial charge in [0.05, 0.1) is 22.9 Å². The third-order valence-electron chi connectivity index (χ3n) is 2.34. The normalized spacial score (nSPS) is 10.7. The molecule has 0 aliphatic carbocycles. The van der Waals surface area contributed by atoms with Gasteiger partial charge < -0.3 is 20.9 Å². The summed E-state index contributed by atoms with van der Waals surface area (Å²) in [7, 11) is 0. The molecule has 5 nitrogen and oxygen atoms in total. The Labute approximate surface area is 117 Å². The van der Waals surface area contributed by atoms with Gasteiger partial charge in [0.15, 0.2) is 0 Å². The van der Waals surface area contributed by atoms with Gasteiger partial charge in [-0.3, -0.25) is 0 Å². The number of ether oxygens (including phenoxy) is 1. The maximum Gasteiger partial charge on any atom is 0.337 e. The number of aromatic carboxylic acids is 1. The molecular formula is C13H19ClN2O3. The number of anilines is 2. The first-order valence-electron chi connectivity index (χ1n) is 6.05. The second-order valence-corrected chi connectivity index (χ2v) is 5.03. The number of carboxylic acids is 1. The van der Waals surface area contributed by atoms with Gasteiger partial charge in [-0.2, -0.15) is 0 Å². The lowest BCUT2D eigenvalue weighted by Crippen LogP contribution is -2.14. The number of carboxylic acid groups (broad SMARTS) is 1. The summed E-state index contributed by atoms with van der Waals surface area (Å²) in [5, 5.41) is 12.4. The first-order valence-corrected chi connectivity index (χ1v) is 6.43. The van der Waals surface area contributed by atoms with Crippen molar-refractivity contribution in [2.45, 2.75) is 13.8 Å². The molecule has 0 unspecified atom stereocenters. The predicted octanol–water partition coefficient (Wildman–Crippen LogP) is 2.70. The summed E-state index contributed by atoms with van der Waals surface area (Å²) in [5.74, 6) is -0.602. The summed E-state index contributed by atoms with van der Waals surface area (Å²) in [6, 6.07) is 2.90. The van der Waals surface area contributed by atoms with Crippen LogP contribution in [-0.4, -0.2) is 30.8 Å². The molecule has 0 fully saturated rings. The van der Waals surface area contributed by atoms with Crippen LogP contribution in [0.15, 0.2) is 12.1 Å². The molecule has 4 N–H and O–H groups in total. The van der Waals surface area contributed by atoms with E-state index in [1.54, 1.807) is 0 Å². The van der Waals surface area contributed by atoms with Crippen molar-refractivity contribution in [2.75, 3.05) is 30.8 Å². The first-order chi connectivity index (χ1) is 8.91. The number of nitrogens with one attached hydrogen (secondary N) is 1. The van der Waals surface area contributed by atoms with Gasteiger partial charge in [0.1, 0.15) is 0 Å². The van der Waals surface area contributed by atoms with E-state index in [0.717, 1.165) is 0 Å². The third-order valence-corrected chi connectivity index (χ3v) is 2.64. The standard InChI is InChI=1S/C13H19ClN2O3/c1-8(2)7-19-4-3-16-12-10(13(17)18)5-9(15)6-11(12)14/h5-6,8,16H,3-4,7,15H2,1-2H3,(H,17,18). The highest BCUT2D eigenvalue weighted by molar-refractivity contribution is 6.34. The molecule has 19 heavy (non-hydrogen) atoms. The molecule has 0 aliphatic heterocycles. The van der Waals surface area contributed by atoms with Crippen molar-refractivity contribution in [3.8, 4) is 0 Å². The zero-order valence-electron chi connectivity index (χ0n) is 11.1. The number of carbonyl (C=O) groups is 1. The molecule has 0 bridgehead atoms. The first kappa shape index (κ1) is 15.6. The van der Waals surface area contributed by atoms with Crippen molar-refractivity contribution < 1.29 is 14.6 Å². The molecule has 0 saturated heterocycles. The molecule has 0 aromatic heterocycles. The summed E-state index contributed by atoms with van der Waals surface area (Å²) >= 11 is 6.00. The second-order valence-electron chi connectivity index (χ2n) is 4.63. The zero-order chi connectivity index (χ0) is 14.4. The summed E-state index contributed by atoms with van der Waals surface area (Å²) in [5.41, 5.74) is 6.33. The average molecular weight is 287 g/mol. The van der Waals surface area contributed by atoms with Gasteiger partial charge in [-0.15, -0.1) is 0 Å². The van der Waals surface area contributed by atoms with Crippen LogP contribution in [-0.2, 0) is 4.74 Å². The number of halogens is 1. The van der Waals surface area contributed by atoms with Gasteiger partial charge in [-0.05, 0) is 18.1 Å². The van der Waals surface area contributed by atoms with Crippen LogP contribution in [0.4, 0.5) is 11.4 Å². The predicted molar refractivity (Wildman–Crippen MR) is 77.0 cm³/mol. The molecule has 0 radical (unpaired) electrons. The van der Waals surface area contributed by atoms with Crippen molar-refractivity contribution >= 4 is 28.9 Å². The number of nitrogen functional groups attached to an aromatic ring is 1. The topological polar surface area (TPSA) is 84.6 Å². The van der Waals surface area contributed by atoms with Crippen LogP contribution < -0.4 is 11.1 Å². The summed E-state index contributed by atoms with van der Waals surface area (Å²) < 4.78 is 5.40. The Morgan fingerprint density at radius 3 is 2.79 bits per heavy atom. The highest BCUT2D eigenvalue weighted by Gasteiger charge is 2.14. The van der Waals surface area contributed by atoms with E-state index in [-0.39, 0.29) is 5.56 Å². The van der Waals surface area contributed by atoms with Crippen LogP contribution in [0.1, 0.15) is 24.2 Å². The van der Waals surface area contributed by atoms with Crippen molar-refractivity contribution in [1.82, 2.24) is 0 Å². The fraction of sp³-hybridized carbons (Fsp3) is 0.462. The molecule has 6 heteroatoms. The Bertz CT molecular complexity index is 450. The van der Waals surface area contributed by atoms with Crippen LogP contribution in [0, 0.1) is 5.92 Å². The molecule has 1 rings (SSSR count). The number of benzene rings is 1. The lowest BCUT2D eigenvalue weighted by molar-refractivity contribution is 0.0698. The van der Waals surface area contributed by atoms with Crippen molar-refractivity contribution in [1.29, 1.82) is 0 Å². The smallest absolute Gasteiger partial charge is 0.337 e. The Kier molecular flexibility index (Phi) is 5.92. The van der Waals surface area contributed by atoms with Crippen molar-refractivity contribution in [3.05, 3.63) is 22.7 Å². The van der Waals surface area contributed by atoms with Gasteiger partial charge in [-0.25, -0.2) is 4.79 Å². The summed E-state index contributed by atoms with van der Waals surface area (Å²) in [6.07, 6.45) is 0. The van der Waals surface area contributed by atoms with Gasteiger partial charge in [0.25, 0.3) is 0 Å². The van der Waals surface area contributed by atoms with Crippen LogP contribution >= 0.6 is 11.6 Å². The molecule has 0 spiro atoms. The highest BCUT2D eigenvalue weighted by atomic mass is 35.5. The Morgan fingerprint density at radius 2 is 2.21 bits per heavy atom. The fourth-order valence-electron chi connectivity index (χ4n) is 1.54. The fourth-order valence-corrected chi connectivity index (χ4v) is 1.84. The van der Waals surface area contributed by atoms with Crippen molar-refractivity contribution in [3.63, 3.8) is 0 Å². The van der Waals surface area contributed by atoms with Gasteiger partial charge >= 0.3 is 5.97 Å². The average Bonchev–Trinajstić information content (AvgIpc) is 2.29. The minimum atomic E-state index is -1.07. The largest absolute Gasteiger partial charge is 0.478 e. The van der Waals surface area contributed by atoms with E-state index in [0.29, 0.717) is 42.1 Å². The third kappa shape index (κ3) is 4.96. The monoisotopic (exact) mass is 286 g/mol. The number of nitrogens with two attached hydrogens (primary N) is 1. The molecule has 1 aromatic rings. The number of hydrogen-bond donors (Lipinski definition) is 3. The Balaban J connectivity index is 2.64. The summed E-state index contributed by atoms with van der Waals surface area (Å²) in [4.78, 5) is 11.1. The van der Waals surface area contributed by atoms with Gasteiger partial charge in [0.2, 0.25) is 0 Å². The molecular weight excluding hydrogens is 268 g/mol. The van der Waals surface area contributed by atoms with E-state index in [9.17, 15) is 4.79 Å². The van der Waals surface area contributed by atoms with Crippen LogP contribution in [0.5, 0.6) is 0 Å². The van der Waals surface area contributed by atoms with E-state index in [1.165, 1.54) is 12.1 Å². The maximum atomic E-state index is 11.1. The van der Waals surface area contributed by atoms with Gasteiger partial charge in [0, 0.05) is 18.8 Å². The number of hydrogen-bond acceptors (Lipinski definition) is 4. The Hall–Kier alpha value is -1.46. The molecule has 0 amide bonds. The van der Waals surface area contributed by atoms with E-state index in [4.69, 9.17) is 27.2 Å². The van der Waals surface area contributed by atoms with Crippen LogP contribution in [0.3, 0.4) is 0 Å². The molecule has 0 saturated carbocycles. The van der Waals surface area contributed by atoms with Crippen LogP contribution in [0.2, 0.25) is 5.02 Å². The molecule has 1 aromatic carbocycles. The van der Waals surface area contributed by atoms with Gasteiger partial charge in [-0.1, -0.05) is 25.4 Å². The molecule has 0 heterocycles. The van der Waals surface area contributed by atoms with E-state index in [1.807, 2.05) is 0 Å². The minimum absolute atomic E-state index is 0.0638. The minimum Gasteiger partial charge on any atom is -0.478 e. The zero-order valence-corrected chi connectivity index (χ0v) is 11.8. The number of rotatable bonds is 7. The van der Waals surface area contributed by atoms with Crippen LogP contribution in [0.25, 0.3) is 0 Å². The second kappa shape index (κ2) is 7.21. The van der Waals surface area contributed by atoms with Crippen molar-refractivity contribution in [2.24, 2.45) is 5.92 Å². The SMILES string of the molecule is CC(C)COCCNc1c(Cl)cc(N)cc1C(=O)O. The highest BCUT2D eigenvalue weighted by Crippen LogP contribution is 2.29. The van der Waals surface area contributed by atoms with E-state index < -0.39 is 5.97 Å². The summed E-state index contributed by atoms with van der Waals surface area (Å²) in [6.45, 7) is 5.76. The molecule has 106 valence electrons. The van der Waals surface area contributed by atoms with E-state index in [2.05, 4.69) is 19.2 Å². The van der Waals surface area contributed by atoms with E-state index >= 15 is 0 Å². The quantitative estimate of drug-likeness (QED) is 0.530. The lowest BCUT2D eigenvalue weighted by atomic mass is 10.1. The molecule has 0 atom stereocenters. The molecule has 0 aliphatic rings. The Morgan fingerprint density at radius 1 is 1.53 bits per heavy atom. The lowest BCUT2D eigenvalue weighted by Gasteiger charge is -2.13.